The number of carbonyl (C=O) groups excluding carboxylic acids is 1. The van der Waals surface area contributed by atoms with Gasteiger partial charge in [0.2, 0.25) is 0 Å². The highest BCUT2D eigenvalue weighted by Gasteiger charge is 2.38. The minimum Gasteiger partial charge on any atom is -0.334 e. The van der Waals surface area contributed by atoms with Crippen molar-refractivity contribution in [2.75, 3.05) is 12.3 Å². The third-order valence-electron chi connectivity index (χ3n) is 3.62. The van der Waals surface area contributed by atoms with E-state index in [0.717, 1.165) is 0 Å². The van der Waals surface area contributed by atoms with Gasteiger partial charge in [-0.05, 0) is 35.8 Å². The van der Waals surface area contributed by atoms with Gasteiger partial charge in [0.05, 0.1) is 16.6 Å². The molecule has 0 bridgehead atoms. The third kappa shape index (κ3) is 2.67. The Hall–Kier alpha value is -0.950. The minimum absolute atomic E-state index is 0.0208. The fraction of sp³-hybridized carbons (Fsp3) is 0.500. The zero-order valence-corrected chi connectivity index (χ0v) is 13.1. The molecule has 0 spiro atoms. The van der Waals surface area contributed by atoms with Gasteiger partial charge in [0.15, 0.2) is 9.84 Å². The van der Waals surface area contributed by atoms with Crippen molar-refractivity contribution in [3.05, 3.63) is 28.5 Å². The molecule has 2 atom stereocenters. The average Bonchev–Trinajstić information content (AvgIpc) is 2.36. The molecule has 0 radical (unpaired) electrons. The molecule has 1 amide bonds. The summed E-state index contributed by atoms with van der Waals surface area (Å²) in [6.45, 7) is 3.66. The standard InChI is InChI=1S/C12H15BrN2O3S/c1-8-9(2)19(17,18)6-5-15(8)12(16)10-3-4-14-7-11(10)13/h3-4,7-9H,5-6H2,1-2H3. The molecule has 2 rings (SSSR count). The van der Waals surface area contributed by atoms with Crippen molar-refractivity contribution >= 4 is 31.7 Å². The second kappa shape index (κ2) is 5.20. The van der Waals surface area contributed by atoms with Gasteiger partial charge < -0.3 is 4.90 Å². The number of sulfone groups is 1. The van der Waals surface area contributed by atoms with Gasteiger partial charge in [0.1, 0.15) is 0 Å². The lowest BCUT2D eigenvalue weighted by atomic mass is 10.1. The molecule has 1 aromatic heterocycles. The van der Waals surface area contributed by atoms with Crippen LogP contribution in [0.2, 0.25) is 0 Å². The Morgan fingerprint density at radius 3 is 2.79 bits per heavy atom. The van der Waals surface area contributed by atoms with Crippen molar-refractivity contribution in [1.82, 2.24) is 9.88 Å². The maximum atomic E-state index is 12.5. The lowest BCUT2D eigenvalue weighted by molar-refractivity contribution is 0.0692. The smallest absolute Gasteiger partial charge is 0.255 e. The highest BCUT2D eigenvalue weighted by Crippen LogP contribution is 2.24. The van der Waals surface area contributed by atoms with Gasteiger partial charge in [-0.25, -0.2) is 8.42 Å². The first-order valence-corrected chi connectivity index (χ1v) is 8.47. The van der Waals surface area contributed by atoms with Crippen LogP contribution in [0.4, 0.5) is 0 Å². The number of pyridine rings is 1. The first kappa shape index (κ1) is 14.5. The van der Waals surface area contributed by atoms with Crippen LogP contribution in [0, 0.1) is 0 Å². The summed E-state index contributed by atoms with van der Waals surface area (Å²) < 4.78 is 24.2. The van der Waals surface area contributed by atoms with Crippen LogP contribution in [-0.2, 0) is 9.84 Å². The molecule has 5 nitrogen and oxygen atoms in total. The van der Waals surface area contributed by atoms with Crippen LogP contribution in [0.25, 0.3) is 0 Å². The second-order valence-corrected chi connectivity index (χ2v) is 8.00. The summed E-state index contributed by atoms with van der Waals surface area (Å²) >= 11 is 3.29. The van der Waals surface area contributed by atoms with Gasteiger partial charge in [-0.3, -0.25) is 9.78 Å². The molecule has 0 saturated carbocycles. The summed E-state index contributed by atoms with van der Waals surface area (Å²) in [5, 5.41) is -0.536. The first-order valence-electron chi connectivity index (χ1n) is 5.96. The van der Waals surface area contributed by atoms with Crippen molar-refractivity contribution < 1.29 is 13.2 Å². The molecule has 1 aliphatic heterocycles. The van der Waals surface area contributed by atoms with Crippen LogP contribution in [0.1, 0.15) is 24.2 Å². The second-order valence-electron chi connectivity index (χ2n) is 4.67. The molecule has 2 unspecified atom stereocenters. The van der Waals surface area contributed by atoms with Crippen molar-refractivity contribution in [1.29, 1.82) is 0 Å². The van der Waals surface area contributed by atoms with Crippen LogP contribution in [-0.4, -0.2) is 47.8 Å². The summed E-state index contributed by atoms with van der Waals surface area (Å²) in [5.41, 5.74) is 0.508. The molecule has 0 aliphatic carbocycles. The van der Waals surface area contributed by atoms with Gasteiger partial charge in [0, 0.05) is 29.5 Å². The number of nitrogens with zero attached hydrogens (tertiary/aromatic N) is 2. The number of carbonyl (C=O) groups is 1. The normalized spacial score (nSPS) is 26.2. The van der Waals surface area contributed by atoms with Crippen LogP contribution in [0.3, 0.4) is 0 Å². The van der Waals surface area contributed by atoms with Gasteiger partial charge in [-0.15, -0.1) is 0 Å². The number of halogens is 1. The Balaban J connectivity index is 2.29. The molecular formula is C12H15BrN2O3S. The monoisotopic (exact) mass is 346 g/mol. The Bertz CT molecular complexity index is 603. The van der Waals surface area contributed by atoms with Crippen molar-refractivity contribution in [2.24, 2.45) is 0 Å². The highest BCUT2D eigenvalue weighted by molar-refractivity contribution is 9.10. The summed E-state index contributed by atoms with van der Waals surface area (Å²) in [4.78, 5) is 18.0. The van der Waals surface area contributed by atoms with Crippen LogP contribution < -0.4 is 0 Å². The first-order chi connectivity index (χ1) is 8.84. The van der Waals surface area contributed by atoms with E-state index in [1.165, 1.54) is 0 Å². The molecular weight excluding hydrogens is 332 g/mol. The molecule has 1 fully saturated rings. The van der Waals surface area contributed by atoms with Crippen molar-refractivity contribution in [2.45, 2.75) is 25.1 Å². The van der Waals surface area contributed by atoms with E-state index in [2.05, 4.69) is 20.9 Å². The summed E-state index contributed by atoms with van der Waals surface area (Å²) in [6.07, 6.45) is 3.11. The molecule has 0 N–H and O–H groups in total. The van der Waals surface area contributed by atoms with Crippen LogP contribution in [0.15, 0.2) is 22.9 Å². The zero-order valence-electron chi connectivity index (χ0n) is 10.7. The SMILES string of the molecule is CC1C(C)S(=O)(=O)CCN1C(=O)c1ccncc1Br. The summed E-state index contributed by atoms with van der Waals surface area (Å²) in [5.74, 6) is -0.143. The summed E-state index contributed by atoms with van der Waals surface area (Å²) in [6, 6.07) is 1.30. The van der Waals surface area contributed by atoms with Crippen molar-refractivity contribution in [3.8, 4) is 0 Å². The fourth-order valence-electron chi connectivity index (χ4n) is 2.16. The average molecular weight is 347 g/mol. The topological polar surface area (TPSA) is 67.3 Å². The van der Waals surface area contributed by atoms with Gasteiger partial charge in [-0.1, -0.05) is 0 Å². The van der Waals surface area contributed by atoms with Gasteiger partial charge in [-0.2, -0.15) is 0 Å². The van der Waals surface area contributed by atoms with Crippen LogP contribution >= 0.6 is 15.9 Å². The number of rotatable bonds is 1. The number of amides is 1. The van der Waals surface area contributed by atoms with E-state index in [-0.39, 0.29) is 24.2 Å². The third-order valence-corrected chi connectivity index (χ3v) is 6.53. The highest BCUT2D eigenvalue weighted by atomic mass is 79.9. The molecule has 104 valence electrons. The molecule has 0 aromatic carbocycles. The van der Waals surface area contributed by atoms with E-state index in [0.29, 0.717) is 10.0 Å². The molecule has 19 heavy (non-hydrogen) atoms. The minimum atomic E-state index is -3.09. The molecule has 1 saturated heterocycles. The van der Waals surface area contributed by atoms with E-state index in [4.69, 9.17) is 0 Å². The van der Waals surface area contributed by atoms with Crippen molar-refractivity contribution in [3.63, 3.8) is 0 Å². The maximum absolute atomic E-state index is 12.5. The summed E-state index contributed by atoms with van der Waals surface area (Å²) in [7, 11) is -3.09. The molecule has 2 heterocycles. The number of hydrogen-bond acceptors (Lipinski definition) is 4. The largest absolute Gasteiger partial charge is 0.334 e. The Morgan fingerprint density at radius 2 is 2.16 bits per heavy atom. The fourth-order valence-corrected chi connectivity index (χ4v) is 4.15. The van der Waals surface area contributed by atoms with Gasteiger partial charge in [0.25, 0.3) is 5.91 Å². The molecule has 1 aromatic rings. The van der Waals surface area contributed by atoms with E-state index in [1.807, 2.05) is 0 Å². The van der Waals surface area contributed by atoms with Crippen LogP contribution in [0.5, 0.6) is 0 Å². The quantitative estimate of drug-likeness (QED) is 0.772. The maximum Gasteiger partial charge on any atom is 0.255 e. The molecule has 1 aliphatic rings. The Labute approximate surface area is 121 Å². The van der Waals surface area contributed by atoms with E-state index < -0.39 is 15.1 Å². The lowest BCUT2D eigenvalue weighted by Gasteiger charge is -2.37. The van der Waals surface area contributed by atoms with E-state index in [1.54, 1.807) is 37.2 Å². The lowest BCUT2D eigenvalue weighted by Crippen LogP contribution is -2.54. The predicted octanol–water partition coefficient (Wildman–Crippen LogP) is 1.49. The predicted molar refractivity (Wildman–Crippen MR) is 75.7 cm³/mol. The number of hydrogen-bond donors (Lipinski definition) is 0. The Morgan fingerprint density at radius 1 is 1.47 bits per heavy atom. The van der Waals surface area contributed by atoms with E-state index >= 15 is 0 Å². The zero-order chi connectivity index (χ0) is 14.2. The number of aromatic nitrogens is 1. The van der Waals surface area contributed by atoms with Gasteiger partial charge >= 0.3 is 0 Å². The Kier molecular flexibility index (Phi) is 3.96. The van der Waals surface area contributed by atoms with E-state index in [9.17, 15) is 13.2 Å². The molecule has 7 heteroatoms.